The zero-order chi connectivity index (χ0) is 14.0. The standard InChI is InChI=1S/C13H15ClN2O3/c1-8-3-2-4-16(8)13(19)15-11-6-9(12(17)18)5-10(14)7-11/h5-8H,2-4H2,1H3,(H,15,19)(H,17,18). The fourth-order valence-corrected chi connectivity index (χ4v) is 2.45. The number of halogens is 1. The van der Waals surface area contributed by atoms with Crippen LogP contribution in [0.15, 0.2) is 18.2 Å². The van der Waals surface area contributed by atoms with Crippen LogP contribution in [0.4, 0.5) is 10.5 Å². The van der Waals surface area contributed by atoms with Gasteiger partial charge in [0, 0.05) is 23.3 Å². The molecule has 1 aromatic rings. The molecule has 102 valence electrons. The van der Waals surface area contributed by atoms with Crippen molar-refractivity contribution in [2.24, 2.45) is 0 Å². The Balaban J connectivity index is 2.14. The SMILES string of the molecule is CC1CCCN1C(=O)Nc1cc(Cl)cc(C(=O)O)c1. The molecule has 0 spiro atoms. The van der Waals surface area contributed by atoms with E-state index in [-0.39, 0.29) is 22.7 Å². The van der Waals surface area contributed by atoms with Crippen molar-refractivity contribution >= 4 is 29.3 Å². The summed E-state index contributed by atoms with van der Waals surface area (Å²) in [5.74, 6) is -1.08. The smallest absolute Gasteiger partial charge is 0.335 e. The zero-order valence-electron chi connectivity index (χ0n) is 10.5. The number of carboxylic acid groups (broad SMARTS) is 1. The quantitative estimate of drug-likeness (QED) is 0.876. The Kier molecular flexibility index (Phi) is 3.95. The van der Waals surface area contributed by atoms with Crippen LogP contribution in [0, 0.1) is 0 Å². The van der Waals surface area contributed by atoms with Crippen LogP contribution in [-0.2, 0) is 0 Å². The molecule has 0 saturated carbocycles. The van der Waals surface area contributed by atoms with Crippen LogP contribution in [0.5, 0.6) is 0 Å². The highest BCUT2D eigenvalue weighted by molar-refractivity contribution is 6.31. The topological polar surface area (TPSA) is 69.6 Å². The summed E-state index contributed by atoms with van der Waals surface area (Å²) in [6, 6.07) is 4.26. The molecule has 2 N–H and O–H groups in total. The van der Waals surface area contributed by atoms with Gasteiger partial charge in [-0.05, 0) is 38.0 Å². The maximum Gasteiger partial charge on any atom is 0.335 e. The van der Waals surface area contributed by atoms with E-state index in [9.17, 15) is 9.59 Å². The predicted molar refractivity (Wildman–Crippen MR) is 72.8 cm³/mol. The van der Waals surface area contributed by atoms with Gasteiger partial charge in [0.25, 0.3) is 0 Å². The lowest BCUT2D eigenvalue weighted by molar-refractivity contribution is 0.0697. The molecular weight excluding hydrogens is 268 g/mol. The molecule has 6 heteroatoms. The summed E-state index contributed by atoms with van der Waals surface area (Å²) in [7, 11) is 0. The first kappa shape index (κ1) is 13.7. The molecule has 1 fully saturated rings. The first-order valence-corrected chi connectivity index (χ1v) is 6.46. The average molecular weight is 283 g/mol. The third-order valence-electron chi connectivity index (χ3n) is 3.21. The minimum absolute atomic E-state index is 0.0530. The number of aromatic carboxylic acids is 1. The summed E-state index contributed by atoms with van der Waals surface area (Å²) in [5.41, 5.74) is 0.450. The van der Waals surface area contributed by atoms with Gasteiger partial charge in [0.15, 0.2) is 0 Å². The summed E-state index contributed by atoms with van der Waals surface area (Å²) in [5, 5.41) is 11.9. The number of amides is 2. The number of nitrogens with one attached hydrogen (secondary N) is 1. The van der Waals surface area contributed by atoms with E-state index < -0.39 is 5.97 Å². The number of carbonyl (C=O) groups excluding carboxylic acids is 1. The van der Waals surface area contributed by atoms with E-state index in [0.717, 1.165) is 19.4 Å². The number of carbonyl (C=O) groups is 2. The van der Waals surface area contributed by atoms with Crippen molar-refractivity contribution in [3.8, 4) is 0 Å². The van der Waals surface area contributed by atoms with E-state index in [0.29, 0.717) is 5.69 Å². The normalized spacial score (nSPS) is 18.4. The molecule has 19 heavy (non-hydrogen) atoms. The minimum atomic E-state index is -1.08. The Bertz CT molecular complexity index is 519. The second-order valence-corrected chi connectivity index (χ2v) is 5.08. The fraction of sp³-hybridized carbons (Fsp3) is 0.385. The molecule has 1 atom stereocenters. The zero-order valence-corrected chi connectivity index (χ0v) is 11.3. The van der Waals surface area contributed by atoms with Crippen LogP contribution in [0.3, 0.4) is 0 Å². The van der Waals surface area contributed by atoms with E-state index in [2.05, 4.69) is 5.32 Å². The molecule has 2 rings (SSSR count). The van der Waals surface area contributed by atoms with E-state index >= 15 is 0 Å². The lowest BCUT2D eigenvalue weighted by Crippen LogP contribution is -2.37. The van der Waals surface area contributed by atoms with Gasteiger partial charge >= 0.3 is 12.0 Å². The first-order valence-electron chi connectivity index (χ1n) is 6.09. The van der Waals surface area contributed by atoms with Crippen LogP contribution in [0.1, 0.15) is 30.1 Å². The van der Waals surface area contributed by atoms with Gasteiger partial charge in [0.2, 0.25) is 0 Å². The van der Waals surface area contributed by atoms with Crippen LogP contribution in [-0.4, -0.2) is 34.6 Å². The van der Waals surface area contributed by atoms with Gasteiger partial charge in [0.05, 0.1) is 5.56 Å². The maximum atomic E-state index is 12.0. The number of nitrogens with zero attached hydrogens (tertiary/aromatic N) is 1. The number of benzene rings is 1. The number of likely N-dealkylation sites (tertiary alicyclic amines) is 1. The Morgan fingerprint density at radius 2 is 2.16 bits per heavy atom. The lowest BCUT2D eigenvalue weighted by Gasteiger charge is -2.22. The van der Waals surface area contributed by atoms with Crippen molar-refractivity contribution in [3.05, 3.63) is 28.8 Å². The van der Waals surface area contributed by atoms with Gasteiger partial charge in [-0.25, -0.2) is 9.59 Å². The molecule has 1 aromatic carbocycles. The number of hydrogen-bond acceptors (Lipinski definition) is 2. The number of anilines is 1. The average Bonchev–Trinajstić information content (AvgIpc) is 2.74. The van der Waals surface area contributed by atoms with E-state index in [1.54, 1.807) is 4.90 Å². The number of carboxylic acids is 1. The molecule has 1 saturated heterocycles. The van der Waals surface area contributed by atoms with Crippen LogP contribution >= 0.6 is 11.6 Å². The molecule has 2 amide bonds. The van der Waals surface area contributed by atoms with E-state index in [4.69, 9.17) is 16.7 Å². The van der Waals surface area contributed by atoms with Crippen molar-refractivity contribution in [3.63, 3.8) is 0 Å². The van der Waals surface area contributed by atoms with Gasteiger partial charge in [-0.15, -0.1) is 0 Å². The Morgan fingerprint density at radius 3 is 2.74 bits per heavy atom. The van der Waals surface area contributed by atoms with Crippen LogP contribution in [0.2, 0.25) is 5.02 Å². The molecular formula is C13H15ClN2O3. The fourth-order valence-electron chi connectivity index (χ4n) is 2.22. The van der Waals surface area contributed by atoms with Gasteiger partial charge in [0.1, 0.15) is 0 Å². The van der Waals surface area contributed by atoms with Crippen molar-refractivity contribution in [2.75, 3.05) is 11.9 Å². The largest absolute Gasteiger partial charge is 0.478 e. The van der Waals surface area contributed by atoms with Crippen molar-refractivity contribution < 1.29 is 14.7 Å². The highest BCUT2D eigenvalue weighted by Gasteiger charge is 2.25. The third kappa shape index (κ3) is 3.17. The number of hydrogen-bond donors (Lipinski definition) is 2. The summed E-state index contributed by atoms with van der Waals surface area (Å²) in [4.78, 5) is 24.7. The second-order valence-electron chi connectivity index (χ2n) is 4.65. The summed E-state index contributed by atoms with van der Waals surface area (Å²) >= 11 is 5.84. The highest BCUT2D eigenvalue weighted by atomic mass is 35.5. The Morgan fingerprint density at radius 1 is 1.42 bits per heavy atom. The van der Waals surface area contributed by atoms with Gasteiger partial charge in [-0.3, -0.25) is 0 Å². The van der Waals surface area contributed by atoms with Crippen molar-refractivity contribution in [1.82, 2.24) is 4.90 Å². The van der Waals surface area contributed by atoms with E-state index in [1.165, 1.54) is 18.2 Å². The van der Waals surface area contributed by atoms with Gasteiger partial charge in [-0.2, -0.15) is 0 Å². The Labute approximate surface area is 116 Å². The molecule has 0 aliphatic carbocycles. The van der Waals surface area contributed by atoms with Crippen LogP contribution in [0.25, 0.3) is 0 Å². The third-order valence-corrected chi connectivity index (χ3v) is 3.43. The maximum absolute atomic E-state index is 12.0. The highest BCUT2D eigenvalue weighted by Crippen LogP contribution is 2.22. The molecule has 0 bridgehead atoms. The molecule has 1 aliphatic heterocycles. The molecule has 1 heterocycles. The molecule has 1 aliphatic rings. The number of urea groups is 1. The van der Waals surface area contributed by atoms with Crippen molar-refractivity contribution in [2.45, 2.75) is 25.8 Å². The summed E-state index contributed by atoms with van der Waals surface area (Å²) < 4.78 is 0. The van der Waals surface area contributed by atoms with Gasteiger partial charge < -0.3 is 15.3 Å². The lowest BCUT2D eigenvalue weighted by atomic mass is 10.2. The van der Waals surface area contributed by atoms with E-state index in [1.807, 2.05) is 6.92 Å². The molecule has 0 aromatic heterocycles. The minimum Gasteiger partial charge on any atom is -0.478 e. The second kappa shape index (κ2) is 5.48. The first-order chi connectivity index (χ1) is 8.97. The molecule has 0 radical (unpaired) electrons. The monoisotopic (exact) mass is 282 g/mol. The number of rotatable bonds is 2. The molecule has 1 unspecified atom stereocenters. The predicted octanol–water partition coefficient (Wildman–Crippen LogP) is 3.05. The summed E-state index contributed by atoms with van der Waals surface area (Å²) in [6.45, 7) is 2.71. The van der Waals surface area contributed by atoms with Crippen LogP contribution < -0.4 is 5.32 Å². The summed E-state index contributed by atoms with van der Waals surface area (Å²) in [6.07, 6.45) is 1.98. The Hall–Kier alpha value is -1.75. The molecule has 5 nitrogen and oxygen atoms in total. The van der Waals surface area contributed by atoms with Gasteiger partial charge in [-0.1, -0.05) is 11.6 Å². The van der Waals surface area contributed by atoms with Crippen molar-refractivity contribution in [1.29, 1.82) is 0 Å².